The van der Waals surface area contributed by atoms with Crippen LogP contribution in [0.5, 0.6) is 0 Å². The van der Waals surface area contributed by atoms with Crippen molar-refractivity contribution in [2.75, 3.05) is 5.32 Å². The topological polar surface area (TPSA) is 91.5 Å². The van der Waals surface area contributed by atoms with Crippen molar-refractivity contribution < 1.29 is 10.0 Å². The molecule has 0 aliphatic heterocycles. The van der Waals surface area contributed by atoms with Gasteiger partial charge in [-0.3, -0.25) is 14.4 Å². The van der Waals surface area contributed by atoms with Crippen LogP contribution in [-0.4, -0.2) is 25.5 Å². The number of nitrogens with one attached hydrogen (secondary N) is 2. The highest BCUT2D eigenvalue weighted by Crippen LogP contribution is 2.32. The van der Waals surface area contributed by atoms with Crippen LogP contribution < -0.4 is 10.8 Å². The molecule has 0 aliphatic rings. The van der Waals surface area contributed by atoms with Crippen LogP contribution in [0, 0.1) is 6.92 Å². The number of thiazole rings is 1. The van der Waals surface area contributed by atoms with E-state index in [0.29, 0.717) is 5.56 Å². The second-order valence-corrected chi connectivity index (χ2v) is 6.84. The Hall–Kier alpha value is -3.23. The molecule has 3 heterocycles. The first-order valence-electron chi connectivity index (χ1n) is 7.87. The number of fused-ring (bicyclic) bond motifs is 1. The van der Waals surface area contributed by atoms with Gasteiger partial charge in [0.15, 0.2) is 5.13 Å². The highest BCUT2D eigenvalue weighted by atomic mass is 32.1. The fourth-order valence-electron chi connectivity index (χ4n) is 2.69. The number of hydroxylamine groups is 1. The lowest BCUT2D eigenvalue weighted by Crippen LogP contribution is -2.18. The van der Waals surface area contributed by atoms with E-state index >= 15 is 0 Å². The first-order chi connectivity index (χ1) is 12.7. The minimum Gasteiger partial charge on any atom is -0.332 e. The SMILES string of the molecule is Cc1sc(Nc2ccc(C(=O)NO)cc2)nc1-c1cnc2ccccn12. The quantitative estimate of drug-likeness (QED) is 0.379. The Bertz CT molecular complexity index is 1080. The molecule has 0 saturated carbocycles. The molecule has 4 aromatic rings. The molecule has 7 nitrogen and oxygen atoms in total. The number of aromatic nitrogens is 3. The van der Waals surface area contributed by atoms with E-state index in [2.05, 4.69) is 10.3 Å². The van der Waals surface area contributed by atoms with E-state index in [1.165, 1.54) is 0 Å². The molecular formula is C18H15N5O2S. The molecule has 0 bridgehead atoms. The summed E-state index contributed by atoms with van der Waals surface area (Å²) in [6, 6.07) is 12.6. The first kappa shape index (κ1) is 16.2. The summed E-state index contributed by atoms with van der Waals surface area (Å²) in [5.41, 5.74) is 5.49. The Morgan fingerprint density at radius 3 is 2.77 bits per heavy atom. The molecule has 4 rings (SSSR count). The van der Waals surface area contributed by atoms with E-state index in [1.807, 2.05) is 41.9 Å². The Labute approximate surface area is 152 Å². The summed E-state index contributed by atoms with van der Waals surface area (Å²) in [6.07, 6.45) is 3.79. The Morgan fingerprint density at radius 1 is 1.19 bits per heavy atom. The summed E-state index contributed by atoms with van der Waals surface area (Å²) in [6.45, 7) is 2.02. The van der Waals surface area contributed by atoms with Gasteiger partial charge in [0.1, 0.15) is 11.3 Å². The maximum Gasteiger partial charge on any atom is 0.274 e. The first-order valence-corrected chi connectivity index (χ1v) is 8.69. The molecule has 0 unspecified atom stereocenters. The van der Waals surface area contributed by atoms with Crippen molar-refractivity contribution in [3.05, 3.63) is 65.3 Å². The molecular weight excluding hydrogens is 350 g/mol. The maximum atomic E-state index is 11.4. The van der Waals surface area contributed by atoms with Gasteiger partial charge in [0.25, 0.3) is 5.91 Å². The number of hydrogen-bond donors (Lipinski definition) is 3. The summed E-state index contributed by atoms with van der Waals surface area (Å²) < 4.78 is 2.01. The monoisotopic (exact) mass is 365 g/mol. The van der Waals surface area contributed by atoms with Crippen LogP contribution in [0.3, 0.4) is 0 Å². The summed E-state index contributed by atoms with van der Waals surface area (Å²) in [5, 5.41) is 12.7. The van der Waals surface area contributed by atoms with Gasteiger partial charge in [-0.15, -0.1) is 11.3 Å². The van der Waals surface area contributed by atoms with Gasteiger partial charge in [0.05, 0.1) is 11.9 Å². The maximum absolute atomic E-state index is 11.4. The molecule has 26 heavy (non-hydrogen) atoms. The number of benzene rings is 1. The Balaban J connectivity index is 1.62. The second-order valence-electron chi connectivity index (χ2n) is 5.64. The van der Waals surface area contributed by atoms with E-state index in [1.54, 1.807) is 41.1 Å². The van der Waals surface area contributed by atoms with Crippen LogP contribution in [0.4, 0.5) is 10.8 Å². The standard InChI is InChI=1S/C18H15N5O2S/c1-11-16(14-10-19-15-4-2-3-9-23(14)15)21-18(26-11)20-13-7-5-12(6-8-13)17(24)22-25/h2-10,25H,1H3,(H,20,21)(H,22,24). The average molecular weight is 365 g/mol. The smallest absolute Gasteiger partial charge is 0.274 e. The summed E-state index contributed by atoms with van der Waals surface area (Å²) >= 11 is 1.55. The number of nitrogens with zero attached hydrogens (tertiary/aromatic N) is 3. The third kappa shape index (κ3) is 2.92. The minimum atomic E-state index is -0.545. The number of amides is 1. The van der Waals surface area contributed by atoms with E-state index in [9.17, 15) is 4.79 Å². The average Bonchev–Trinajstić information content (AvgIpc) is 3.24. The van der Waals surface area contributed by atoms with E-state index < -0.39 is 5.91 Å². The van der Waals surface area contributed by atoms with Crippen molar-refractivity contribution in [1.82, 2.24) is 19.8 Å². The molecule has 3 aromatic heterocycles. The zero-order valence-corrected chi connectivity index (χ0v) is 14.6. The third-order valence-electron chi connectivity index (χ3n) is 3.96. The predicted molar refractivity (Wildman–Crippen MR) is 100 cm³/mol. The van der Waals surface area contributed by atoms with Crippen LogP contribution in [0.15, 0.2) is 54.9 Å². The molecule has 0 saturated heterocycles. The van der Waals surface area contributed by atoms with Crippen LogP contribution >= 0.6 is 11.3 Å². The largest absolute Gasteiger partial charge is 0.332 e. The van der Waals surface area contributed by atoms with Gasteiger partial charge in [0.2, 0.25) is 0 Å². The number of imidazole rings is 1. The van der Waals surface area contributed by atoms with E-state index in [0.717, 1.165) is 32.7 Å². The number of carbonyl (C=O) groups is 1. The normalized spacial score (nSPS) is 10.8. The lowest BCUT2D eigenvalue weighted by atomic mass is 10.2. The predicted octanol–water partition coefficient (Wildman–Crippen LogP) is 3.63. The molecule has 3 N–H and O–H groups in total. The summed E-state index contributed by atoms with van der Waals surface area (Å²) in [7, 11) is 0. The van der Waals surface area contributed by atoms with E-state index in [-0.39, 0.29) is 0 Å². The third-order valence-corrected chi connectivity index (χ3v) is 4.84. The molecule has 0 atom stereocenters. The van der Waals surface area contributed by atoms with Gasteiger partial charge in [-0.2, -0.15) is 0 Å². The van der Waals surface area contributed by atoms with Gasteiger partial charge < -0.3 is 5.32 Å². The Kier molecular flexibility index (Phi) is 4.11. The van der Waals surface area contributed by atoms with Crippen molar-refractivity contribution in [2.45, 2.75) is 6.92 Å². The van der Waals surface area contributed by atoms with Crippen LogP contribution in [0.1, 0.15) is 15.2 Å². The molecule has 0 radical (unpaired) electrons. The highest BCUT2D eigenvalue weighted by molar-refractivity contribution is 7.16. The zero-order valence-electron chi connectivity index (χ0n) is 13.8. The summed E-state index contributed by atoms with van der Waals surface area (Å²) in [5.74, 6) is -0.545. The van der Waals surface area contributed by atoms with E-state index in [4.69, 9.17) is 10.2 Å². The molecule has 8 heteroatoms. The molecule has 1 amide bonds. The van der Waals surface area contributed by atoms with Gasteiger partial charge in [-0.1, -0.05) is 6.07 Å². The van der Waals surface area contributed by atoms with Gasteiger partial charge in [0, 0.05) is 22.3 Å². The zero-order chi connectivity index (χ0) is 18.1. The number of carbonyl (C=O) groups excluding carboxylic acids is 1. The fraction of sp³-hybridized carbons (Fsp3) is 0.0556. The van der Waals surface area contributed by atoms with Crippen LogP contribution in [0.2, 0.25) is 0 Å². The molecule has 130 valence electrons. The number of rotatable bonds is 4. The highest BCUT2D eigenvalue weighted by Gasteiger charge is 2.14. The minimum absolute atomic E-state index is 0.375. The van der Waals surface area contributed by atoms with Crippen molar-refractivity contribution in [2.24, 2.45) is 0 Å². The van der Waals surface area contributed by atoms with Crippen molar-refractivity contribution in [3.63, 3.8) is 0 Å². The molecule has 0 fully saturated rings. The number of pyridine rings is 1. The van der Waals surface area contributed by atoms with Crippen LogP contribution in [0.25, 0.3) is 17.0 Å². The number of hydrogen-bond acceptors (Lipinski definition) is 6. The number of aryl methyl sites for hydroxylation is 1. The van der Waals surface area contributed by atoms with Crippen molar-refractivity contribution in [3.8, 4) is 11.4 Å². The van der Waals surface area contributed by atoms with Crippen molar-refractivity contribution >= 4 is 33.7 Å². The second kappa shape index (κ2) is 6.58. The van der Waals surface area contributed by atoms with Crippen molar-refractivity contribution in [1.29, 1.82) is 0 Å². The number of anilines is 2. The van der Waals surface area contributed by atoms with Gasteiger partial charge >= 0.3 is 0 Å². The lowest BCUT2D eigenvalue weighted by Gasteiger charge is -2.04. The molecule has 0 aliphatic carbocycles. The lowest BCUT2D eigenvalue weighted by molar-refractivity contribution is 0.0706. The molecule has 1 aromatic carbocycles. The summed E-state index contributed by atoms with van der Waals surface area (Å²) in [4.78, 5) is 21.6. The fourth-order valence-corrected chi connectivity index (χ4v) is 3.53. The van der Waals surface area contributed by atoms with Crippen LogP contribution in [-0.2, 0) is 0 Å². The molecule has 0 spiro atoms. The van der Waals surface area contributed by atoms with Gasteiger partial charge in [-0.25, -0.2) is 15.4 Å². The van der Waals surface area contributed by atoms with Gasteiger partial charge in [-0.05, 0) is 43.3 Å². The Morgan fingerprint density at radius 2 is 2.00 bits per heavy atom.